The molecule has 1 aromatic heterocycles. The van der Waals surface area contributed by atoms with E-state index in [1.54, 1.807) is 17.0 Å². The summed E-state index contributed by atoms with van der Waals surface area (Å²) < 4.78 is 1.78. The molecule has 0 fully saturated rings. The second-order valence-corrected chi connectivity index (χ2v) is 5.05. The minimum atomic E-state index is -0.0939. The third-order valence-electron chi connectivity index (χ3n) is 3.25. The van der Waals surface area contributed by atoms with E-state index in [2.05, 4.69) is 27.6 Å². The molecule has 0 aliphatic carbocycles. The summed E-state index contributed by atoms with van der Waals surface area (Å²) in [4.78, 5) is 11.8. The van der Waals surface area contributed by atoms with Gasteiger partial charge in [0.2, 0.25) is 5.91 Å². The van der Waals surface area contributed by atoms with Gasteiger partial charge in [0.25, 0.3) is 0 Å². The van der Waals surface area contributed by atoms with Crippen LogP contribution in [0, 0.1) is 0 Å². The first-order valence-electron chi connectivity index (χ1n) is 6.97. The number of hydrogen-bond acceptors (Lipinski definition) is 3. The lowest BCUT2D eigenvalue weighted by molar-refractivity contribution is -0.116. The Bertz CT molecular complexity index is 616. The van der Waals surface area contributed by atoms with E-state index in [0.717, 1.165) is 24.2 Å². The zero-order valence-electron chi connectivity index (χ0n) is 12.4. The van der Waals surface area contributed by atoms with Crippen molar-refractivity contribution < 1.29 is 4.79 Å². The number of nitrogens with one attached hydrogen (secondary N) is 1. The Morgan fingerprint density at radius 3 is 2.76 bits per heavy atom. The van der Waals surface area contributed by atoms with Gasteiger partial charge < -0.3 is 9.88 Å². The lowest BCUT2D eigenvalue weighted by atomic mass is 10.1. The van der Waals surface area contributed by atoms with Gasteiger partial charge in [-0.2, -0.15) is 0 Å². The van der Waals surface area contributed by atoms with E-state index >= 15 is 0 Å². The molecule has 0 aliphatic rings. The van der Waals surface area contributed by atoms with Gasteiger partial charge >= 0.3 is 0 Å². The van der Waals surface area contributed by atoms with Gasteiger partial charge in [-0.3, -0.25) is 4.79 Å². The number of carbonyl (C=O) groups excluding carboxylic acids is 1. The first-order chi connectivity index (χ1) is 10.1. The molecule has 0 aliphatic heterocycles. The molecule has 1 aromatic carbocycles. The van der Waals surface area contributed by atoms with Gasteiger partial charge in [0, 0.05) is 13.1 Å². The molecule has 1 N–H and O–H groups in total. The van der Waals surface area contributed by atoms with Crippen LogP contribution >= 0.6 is 0 Å². The highest BCUT2D eigenvalue weighted by Crippen LogP contribution is 2.08. The van der Waals surface area contributed by atoms with E-state index in [-0.39, 0.29) is 5.91 Å². The van der Waals surface area contributed by atoms with Crippen molar-refractivity contribution in [3.8, 4) is 0 Å². The molecule has 110 valence electrons. The normalized spacial score (nSPS) is 11.4. The van der Waals surface area contributed by atoms with Gasteiger partial charge in [0.1, 0.15) is 6.33 Å². The van der Waals surface area contributed by atoms with Gasteiger partial charge in [-0.15, -0.1) is 10.2 Å². The van der Waals surface area contributed by atoms with Crippen molar-refractivity contribution in [2.24, 2.45) is 7.05 Å². The summed E-state index contributed by atoms with van der Waals surface area (Å²) in [6, 6.07) is 10.3. The second-order valence-electron chi connectivity index (χ2n) is 5.05. The highest BCUT2D eigenvalue weighted by molar-refractivity contribution is 5.88. The number of hydrogen-bond donors (Lipinski definition) is 1. The molecule has 0 bridgehead atoms. The van der Waals surface area contributed by atoms with Gasteiger partial charge in [-0.25, -0.2) is 0 Å². The van der Waals surface area contributed by atoms with E-state index < -0.39 is 0 Å². The topological polar surface area (TPSA) is 59.8 Å². The van der Waals surface area contributed by atoms with Crippen LogP contribution in [-0.2, 0) is 24.8 Å². The first kappa shape index (κ1) is 15.0. The first-order valence-corrected chi connectivity index (χ1v) is 6.97. The fourth-order valence-electron chi connectivity index (χ4n) is 1.97. The summed E-state index contributed by atoms with van der Waals surface area (Å²) in [5, 5.41) is 10.5. The summed E-state index contributed by atoms with van der Waals surface area (Å²) in [5.41, 5.74) is 2.35. The van der Waals surface area contributed by atoms with E-state index in [1.165, 1.54) is 5.56 Å². The minimum Gasteiger partial charge on any atom is -0.345 e. The molecule has 0 saturated carbocycles. The summed E-state index contributed by atoms with van der Waals surface area (Å²) >= 11 is 0. The molecule has 2 aromatic rings. The molecular formula is C16H20N4O. The van der Waals surface area contributed by atoms with Crippen LogP contribution in [0.2, 0.25) is 0 Å². The van der Waals surface area contributed by atoms with E-state index in [4.69, 9.17) is 0 Å². The molecule has 21 heavy (non-hydrogen) atoms. The number of carbonyl (C=O) groups is 1. The lowest BCUT2D eigenvalue weighted by Gasteiger charge is -2.04. The highest BCUT2D eigenvalue weighted by atomic mass is 16.1. The number of aromatic nitrogens is 3. The molecule has 5 nitrogen and oxygen atoms in total. The third-order valence-corrected chi connectivity index (χ3v) is 3.25. The molecule has 5 heteroatoms. The molecule has 0 saturated heterocycles. The molecule has 0 unspecified atom stereocenters. The zero-order chi connectivity index (χ0) is 15.1. The molecule has 0 atom stereocenters. The van der Waals surface area contributed by atoms with Crippen LogP contribution in [0.5, 0.6) is 0 Å². The second kappa shape index (κ2) is 7.38. The number of rotatable bonds is 6. The van der Waals surface area contributed by atoms with Crippen molar-refractivity contribution in [1.82, 2.24) is 20.1 Å². The predicted molar refractivity (Wildman–Crippen MR) is 81.4 cm³/mol. The van der Waals surface area contributed by atoms with Crippen LogP contribution in [-0.4, -0.2) is 20.7 Å². The smallest absolute Gasteiger partial charge is 0.244 e. The van der Waals surface area contributed by atoms with Crippen molar-refractivity contribution in [3.63, 3.8) is 0 Å². The standard InChI is InChI=1S/C16H20N4O/c1-13(8-9-14-6-4-3-5-7-14)10-16(21)17-11-15-19-18-12-20(15)2/h3-7,10,12H,8-9,11H2,1-2H3,(H,17,21). The monoisotopic (exact) mass is 284 g/mol. The van der Waals surface area contributed by atoms with Gasteiger partial charge in [0.05, 0.1) is 6.54 Å². The minimum absolute atomic E-state index is 0.0939. The Balaban J connectivity index is 1.78. The van der Waals surface area contributed by atoms with Crippen LogP contribution in [0.3, 0.4) is 0 Å². The van der Waals surface area contributed by atoms with Crippen LogP contribution in [0.25, 0.3) is 0 Å². The molecule has 1 heterocycles. The number of benzene rings is 1. The number of allylic oxidation sites excluding steroid dienone is 1. The number of aryl methyl sites for hydroxylation is 2. The van der Waals surface area contributed by atoms with E-state index in [1.807, 2.05) is 32.2 Å². The van der Waals surface area contributed by atoms with Crippen LogP contribution in [0.15, 0.2) is 48.3 Å². The largest absolute Gasteiger partial charge is 0.345 e. The Kier molecular flexibility index (Phi) is 5.26. The summed E-state index contributed by atoms with van der Waals surface area (Å²) in [5.74, 6) is 0.641. The summed E-state index contributed by atoms with van der Waals surface area (Å²) in [7, 11) is 1.85. The molecule has 0 radical (unpaired) electrons. The predicted octanol–water partition coefficient (Wildman–Crippen LogP) is 2.01. The van der Waals surface area contributed by atoms with Gasteiger partial charge in [-0.05, 0) is 25.3 Å². The third kappa shape index (κ3) is 4.87. The molecule has 2 rings (SSSR count). The Hall–Kier alpha value is -2.43. The maximum Gasteiger partial charge on any atom is 0.244 e. The van der Waals surface area contributed by atoms with Crippen LogP contribution in [0.4, 0.5) is 0 Å². The average Bonchev–Trinajstić information content (AvgIpc) is 2.89. The number of nitrogens with zero attached hydrogens (tertiary/aromatic N) is 3. The summed E-state index contributed by atoms with van der Waals surface area (Å²) in [6.07, 6.45) is 5.09. The van der Waals surface area contributed by atoms with Crippen molar-refractivity contribution in [1.29, 1.82) is 0 Å². The van der Waals surface area contributed by atoms with E-state index in [0.29, 0.717) is 6.54 Å². The maximum atomic E-state index is 11.8. The molecule has 1 amide bonds. The SMILES string of the molecule is CC(=CC(=O)NCc1nncn1C)CCc1ccccc1. The number of amides is 1. The Morgan fingerprint density at radius 1 is 1.33 bits per heavy atom. The van der Waals surface area contributed by atoms with Crippen molar-refractivity contribution in [2.75, 3.05) is 0 Å². The van der Waals surface area contributed by atoms with Crippen LogP contribution in [0.1, 0.15) is 24.7 Å². The fraction of sp³-hybridized carbons (Fsp3) is 0.312. The Labute approximate surface area is 124 Å². The molecule has 0 spiro atoms. The zero-order valence-corrected chi connectivity index (χ0v) is 12.4. The quantitative estimate of drug-likeness (QED) is 0.825. The van der Waals surface area contributed by atoms with Crippen LogP contribution < -0.4 is 5.32 Å². The summed E-state index contributed by atoms with van der Waals surface area (Å²) in [6.45, 7) is 2.36. The van der Waals surface area contributed by atoms with Crippen molar-refractivity contribution in [2.45, 2.75) is 26.3 Å². The maximum absolute atomic E-state index is 11.8. The van der Waals surface area contributed by atoms with E-state index in [9.17, 15) is 4.79 Å². The lowest BCUT2D eigenvalue weighted by Crippen LogP contribution is -2.22. The van der Waals surface area contributed by atoms with Gasteiger partial charge in [0.15, 0.2) is 5.82 Å². The molecular weight excluding hydrogens is 264 g/mol. The van der Waals surface area contributed by atoms with Crippen molar-refractivity contribution >= 4 is 5.91 Å². The highest BCUT2D eigenvalue weighted by Gasteiger charge is 2.03. The van der Waals surface area contributed by atoms with Gasteiger partial charge in [-0.1, -0.05) is 35.9 Å². The van der Waals surface area contributed by atoms with Crippen molar-refractivity contribution in [3.05, 3.63) is 59.7 Å². The average molecular weight is 284 g/mol. The fourth-order valence-corrected chi connectivity index (χ4v) is 1.97. The Morgan fingerprint density at radius 2 is 2.10 bits per heavy atom.